The van der Waals surface area contributed by atoms with E-state index >= 15 is 0 Å². The van der Waals surface area contributed by atoms with Crippen LogP contribution in [0.25, 0.3) is 0 Å². The van der Waals surface area contributed by atoms with E-state index in [1.165, 1.54) is 0 Å². The van der Waals surface area contributed by atoms with Crippen molar-refractivity contribution >= 4 is 17.3 Å². The van der Waals surface area contributed by atoms with Gasteiger partial charge in [-0.1, -0.05) is 12.1 Å². The predicted molar refractivity (Wildman–Crippen MR) is 103 cm³/mol. The van der Waals surface area contributed by atoms with Gasteiger partial charge in [0, 0.05) is 38.1 Å². The zero-order chi connectivity index (χ0) is 18.1. The third-order valence-corrected chi connectivity index (χ3v) is 5.97. The first-order valence-electron chi connectivity index (χ1n) is 9.48. The minimum atomic E-state index is -0.467. The number of para-hydroxylation sites is 2. The third kappa shape index (κ3) is 3.09. The normalized spacial score (nSPS) is 20.3. The third-order valence-electron chi connectivity index (χ3n) is 5.97. The smallest absolute Gasteiger partial charge is 0.250 e. The molecule has 0 unspecified atom stereocenters. The van der Waals surface area contributed by atoms with Crippen LogP contribution in [0.2, 0.25) is 0 Å². The number of imidazole rings is 1. The summed E-state index contributed by atoms with van der Waals surface area (Å²) in [5, 5.41) is 6.62. The number of hydrogen-bond donors (Lipinski definition) is 2. The highest BCUT2D eigenvalue weighted by atomic mass is 16.2. The van der Waals surface area contributed by atoms with Gasteiger partial charge in [0.1, 0.15) is 11.4 Å². The topological polar surface area (TPSA) is 62.2 Å². The maximum absolute atomic E-state index is 12.7. The van der Waals surface area contributed by atoms with Crippen molar-refractivity contribution in [2.45, 2.75) is 51.2 Å². The first-order chi connectivity index (χ1) is 12.6. The van der Waals surface area contributed by atoms with Crippen LogP contribution in [0.4, 0.5) is 11.4 Å². The Morgan fingerprint density at radius 2 is 1.96 bits per heavy atom. The van der Waals surface area contributed by atoms with Gasteiger partial charge in [-0.25, -0.2) is 4.98 Å². The van der Waals surface area contributed by atoms with E-state index in [4.69, 9.17) is 0 Å². The van der Waals surface area contributed by atoms with Crippen LogP contribution in [0, 0.1) is 6.92 Å². The van der Waals surface area contributed by atoms with Gasteiger partial charge in [-0.05, 0) is 45.2 Å². The summed E-state index contributed by atoms with van der Waals surface area (Å²) >= 11 is 0. The van der Waals surface area contributed by atoms with Crippen LogP contribution in [0.15, 0.2) is 36.7 Å². The van der Waals surface area contributed by atoms with Gasteiger partial charge < -0.3 is 20.1 Å². The number of carbonyl (C=O) groups excluding carboxylic acids is 1. The fraction of sp³-hybridized carbons (Fsp3) is 0.500. The molecule has 3 heterocycles. The maximum Gasteiger partial charge on any atom is 0.250 e. The molecule has 2 aromatic rings. The number of nitrogens with one attached hydrogen (secondary N) is 2. The summed E-state index contributed by atoms with van der Waals surface area (Å²) in [4.78, 5) is 19.5. The molecule has 2 N–H and O–H groups in total. The number of likely N-dealkylation sites (tertiary alicyclic amines) is 1. The Balaban J connectivity index is 1.36. The zero-order valence-electron chi connectivity index (χ0n) is 15.5. The van der Waals surface area contributed by atoms with Crippen molar-refractivity contribution in [3.63, 3.8) is 0 Å². The Morgan fingerprint density at radius 3 is 2.65 bits per heavy atom. The molecule has 26 heavy (non-hydrogen) atoms. The molecule has 6 nitrogen and oxygen atoms in total. The van der Waals surface area contributed by atoms with Gasteiger partial charge in [0.05, 0.1) is 11.4 Å². The van der Waals surface area contributed by atoms with Crippen molar-refractivity contribution < 1.29 is 4.79 Å². The molecule has 2 aliphatic rings. The number of aryl methyl sites for hydroxylation is 2. The summed E-state index contributed by atoms with van der Waals surface area (Å²) in [5.74, 6) is 1.18. The Labute approximate surface area is 154 Å². The van der Waals surface area contributed by atoms with Gasteiger partial charge in [-0.3, -0.25) is 4.79 Å². The molecule has 0 aliphatic carbocycles. The molecule has 6 heteroatoms. The van der Waals surface area contributed by atoms with Gasteiger partial charge in [0.25, 0.3) is 0 Å². The van der Waals surface area contributed by atoms with Crippen molar-refractivity contribution in [3.8, 4) is 0 Å². The van der Waals surface area contributed by atoms with Crippen LogP contribution in [0.1, 0.15) is 32.0 Å². The second-order valence-corrected chi connectivity index (χ2v) is 7.55. The summed E-state index contributed by atoms with van der Waals surface area (Å²) in [6.07, 6.45) is 6.66. The fourth-order valence-corrected chi connectivity index (χ4v) is 4.10. The van der Waals surface area contributed by atoms with Crippen LogP contribution in [0.5, 0.6) is 0 Å². The van der Waals surface area contributed by atoms with E-state index in [-0.39, 0.29) is 5.91 Å². The van der Waals surface area contributed by atoms with Crippen LogP contribution in [-0.2, 0) is 11.3 Å². The summed E-state index contributed by atoms with van der Waals surface area (Å²) < 4.78 is 2.20. The van der Waals surface area contributed by atoms with Gasteiger partial charge >= 0.3 is 0 Å². The summed E-state index contributed by atoms with van der Waals surface area (Å²) in [7, 11) is 0. The molecule has 1 saturated heterocycles. The highest BCUT2D eigenvalue weighted by Crippen LogP contribution is 2.36. The number of anilines is 2. The molecule has 1 aromatic heterocycles. The molecule has 1 fully saturated rings. The van der Waals surface area contributed by atoms with Crippen molar-refractivity contribution in [3.05, 3.63) is 42.5 Å². The van der Waals surface area contributed by atoms with E-state index in [0.717, 1.165) is 56.1 Å². The molecule has 2 aliphatic heterocycles. The van der Waals surface area contributed by atoms with E-state index in [9.17, 15) is 4.79 Å². The molecular weight excluding hydrogens is 326 g/mol. The molecule has 4 rings (SSSR count). The minimum Gasteiger partial charge on any atom is -0.369 e. The average molecular weight is 353 g/mol. The molecule has 0 saturated carbocycles. The van der Waals surface area contributed by atoms with E-state index in [1.807, 2.05) is 43.6 Å². The van der Waals surface area contributed by atoms with Crippen molar-refractivity contribution in [1.82, 2.24) is 14.5 Å². The Morgan fingerprint density at radius 1 is 1.23 bits per heavy atom. The van der Waals surface area contributed by atoms with E-state index in [2.05, 4.69) is 32.0 Å². The Hall–Kier alpha value is -2.34. The highest BCUT2D eigenvalue weighted by molar-refractivity contribution is 6.06. The van der Waals surface area contributed by atoms with Gasteiger partial charge in [0.2, 0.25) is 5.91 Å². The number of fused-ring (bicyclic) bond motifs is 1. The van der Waals surface area contributed by atoms with Crippen LogP contribution in [0.3, 0.4) is 0 Å². The number of benzene rings is 1. The average Bonchev–Trinajstić information content (AvgIpc) is 3.06. The number of rotatable bonds is 4. The summed E-state index contributed by atoms with van der Waals surface area (Å²) in [6.45, 7) is 7.19. The number of aromatic nitrogens is 2. The SMILES string of the molecule is Cc1nccn1CC[C@@H](C)N1CCC2(CC1)Nc1ccccc1NC2=O. The van der Waals surface area contributed by atoms with Crippen molar-refractivity contribution in [2.75, 3.05) is 23.7 Å². The second-order valence-electron chi connectivity index (χ2n) is 7.55. The number of hydrogen-bond acceptors (Lipinski definition) is 4. The standard InChI is InChI=1S/C20H27N5O/c1-15(7-11-25-14-10-21-16(25)2)24-12-8-20(9-13-24)19(26)22-17-5-3-4-6-18(17)23-20/h3-6,10,14-15,23H,7-9,11-13H2,1-2H3,(H,22,26)/t15-/m1/s1. The second kappa shape index (κ2) is 6.76. The predicted octanol–water partition coefficient (Wildman–Crippen LogP) is 2.87. The molecule has 0 radical (unpaired) electrons. The van der Waals surface area contributed by atoms with Crippen molar-refractivity contribution in [2.24, 2.45) is 0 Å². The lowest BCUT2D eigenvalue weighted by Gasteiger charge is -2.45. The van der Waals surface area contributed by atoms with Crippen LogP contribution in [-0.4, -0.2) is 45.0 Å². The fourth-order valence-electron chi connectivity index (χ4n) is 4.10. The van der Waals surface area contributed by atoms with Gasteiger partial charge in [-0.2, -0.15) is 0 Å². The molecule has 0 bridgehead atoms. The molecule has 1 amide bonds. The van der Waals surface area contributed by atoms with Gasteiger partial charge in [-0.15, -0.1) is 0 Å². The Kier molecular flexibility index (Phi) is 4.44. The molecule has 138 valence electrons. The monoisotopic (exact) mass is 353 g/mol. The lowest BCUT2D eigenvalue weighted by atomic mass is 9.84. The first-order valence-corrected chi connectivity index (χ1v) is 9.48. The molecule has 1 spiro atoms. The van der Waals surface area contributed by atoms with E-state index < -0.39 is 5.54 Å². The maximum atomic E-state index is 12.7. The van der Waals surface area contributed by atoms with E-state index in [1.54, 1.807) is 0 Å². The van der Waals surface area contributed by atoms with E-state index in [0.29, 0.717) is 6.04 Å². The van der Waals surface area contributed by atoms with Crippen LogP contribution >= 0.6 is 0 Å². The quantitative estimate of drug-likeness (QED) is 0.887. The molecule has 1 aromatic carbocycles. The first kappa shape index (κ1) is 17.1. The number of carbonyl (C=O) groups is 1. The van der Waals surface area contributed by atoms with Crippen molar-refractivity contribution in [1.29, 1.82) is 0 Å². The lowest BCUT2D eigenvalue weighted by molar-refractivity contribution is -0.122. The number of piperidine rings is 1. The van der Waals surface area contributed by atoms with Crippen LogP contribution < -0.4 is 10.6 Å². The largest absolute Gasteiger partial charge is 0.369 e. The highest BCUT2D eigenvalue weighted by Gasteiger charge is 2.44. The molecule has 1 atom stereocenters. The molecular formula is C20H27N5O. The summed E-state index contributed by atoms with van der Waals surface area (Å²) in [5.41, 5.74) is 1.45. The number of nitrogens with zero attached hydrogens (tertiary/aromatic N) is 3. The minimum absolute atomic E-state index is 0.109. The van der Waals surface area contributed by atoms with Gasteiger partial charge in [0.15, 0.2) is 0 Å². The zero-order valence-corrected chi connectivity index (χ0v) is 15.5. The lowest BCUT2D eigenvalue weighted by Crippen LogP contribution is -2.59. The summed E-state index contributed by atoms with van der Waals surface area (Å²) in [6, 6.07) is 8.44. The Bertz CT molecular complexity index is 791. The number of amides is 1.